The molecule has 2 aromatic heterocycles. The second-order valence-corrected chi connectivity index (χ2v) is 13.0. The molecule has 4 aromatic rings. The standard InChI is InChI=1S/C33H30F4N6O2/c34-20-10-33(6-1-7-43(33)15-20)16-45-32-40-30-24(31(41-32)42-13-18-2-3-19(14-42)23(18)11-38)12-39-29(28(30)37)22-9-21(44)8-17-4-5-25(35)27(36)26(17)22/h4-5,8-9,12,18-20,23,44H,1-3,6-7,10,13-16H2/t18?,19?,20-,23?,33+/m1/s1. The van der Waals surface area contributed by atoms with Gasteiger partial charge in [0.25, 0.3) is 0 Å². The van der Waals surface area contributed by atoms with Crippen LogP contribution in [0.2, 0.25) is 0 Å². The number of fused-ring (bicyclic) bond motifs is 5. The summed E-state index contributed by atoms with van der Waals surface area (Å²) >= 11 is 0. The van der Waals surface area contributed by atoms with Crippen molar-refractivity contribution in [3.05, 3.63) is 47.9 Å². The van der Waals surface area contributed by atoms with Crippen molar-refractivity contribution in [3.63, 3.8) is 0 Å². The van der Waals surface area contributed by atoms with E-state index in [1.807, 2.05) is 4.90 Å². The Labute approximate surface area is 256 Å². The molecule has 232 valence electrons. The first-order chi connectivity index (χ1) is 21.7. The Morgan fingerprint density at radius 3 is 2.64 bits per heavy atom. The van der Waals surface area contributed by atoms with Gasteiger partial charge in [-0.05, 0) is 67.6 Å². The molecule has 8 rings (SSSR count). The van der Waals surface area contributed by atoms with Gasteiger partial charge in [-0.2, -0.15) is 15.2 Å². The fourth-order valence-electron chi connectivity index (χ4n) is 8.34. The fraction of sp³-hybridized carbons (Fsp3) is 0.455. The molecular formula is C33H30F4N6O2. The minimum atomic E-state index is -1.19. The summed E-state index contributed by atoms with van der Waals surface area (Å²) in [6, 6.07) is 7.03. The smallest absolute Gasteiger partial charge is 0.319 e. The summed E-state index contributed by atoms with van der Waals surface area (Å²) in [5.41, 5.74) is -1.05. The third-order valence-corrected chi connectivity index (χ3v) is 10.4. The van der Waals surface area contributed by atoms with Gasteiger partial charge in [0.15, 0.2) is 17.5 Å². The van der Waals surface area contributed by atoms with Crippen LogP contribution in [0.5, 0.6) is 11.8 Å². The van der Waals surface area contributed by atoms with Crippen LogP contribution in [0, 0.1) is 46.5 Å². The van der Waals surface area contributed by atoms with Crippen molar-refractivity contribution in [1.29, 1.82) is 5.26 Å². The van der Waals surface area contributed by atoms with Gasteiger partial charge < -0.3 is 14.7 Å². The zero-order valence-electron chi connectivity index (χ0n) is 24.3. The zero-order valence-corrected chi connectivity index (χ0v) is 24.3. The number of ether oxygens (including phenoxy) is 1. The van der Waals surface area contributed by atoms with Crippen molar-refractivity contribution in [2.45, 2.75) is 43.8 Å². The molecule has 3 saturated heterocycles. The molecule has 4 fully saturated rings. The monoisotopic (exact) mass is 618 g/mol. The van der Waals surface area contributed by atoms with E-state index in [0.717, 1.165) is 44.4 Å². The Balaban J connectivity index is 1.26. The lowest BCUT2D eigenvalue weighted by Gasteiger charge is -2.36. The summed E-state index contributed by atoms with van der Waals surface area (Å²) < 4.78 is 66.7. The van der Waals surface area contributed by atoms with Crippen LogP contribution in [0.3, 0.4) is 0 Å². The Kier molecular flexibility index (Phi) is 6.53. The number of halogens is 4. The maximum absolute atomic E-state index is 16.6. The Morgan fingerprint density at radius 2 is 1.87 bits per heavy atom. The lowest BCUT2D eigenvalue weighted by atomic mass is 9.86. The third-order valence-electron chi connectivity index (χ3n) is 10.4. The molecule has 0 amide bonds. The summed E-state index contributed by atoms with van der Waals surface area (Å²) in [5.74, 6) is -2.83. The minimum Gasteiger partial charge on any atom is -0.508 e. The van der Waals surface area contributed by atoms with E-state index >= 15 is 8.78 Å². The highest BCUT2D eigenvalue weighted by Gasteiger charge is 2.49. The molecule has 3 aliphatic heterocycles. The van der Waals surface area contributed by atoms with Gasteiger partial charge in [-0.3, -0.25) is 9.88 Å². The number of hydrogen-bond acceptors (Lipinski definition) is 8. The molecule has 4 atom stereocenters. The van der Waals surface area contributed by atoms with Crippen molar-refractivity contribution >= 4 is 27.5 Å². The molecule has 0 radical (unpaired) electrons. The average Bonchev–Trinajstić information content (AvgIpc) is 3.63. The number of benzene rings is 2. The van der Waals surface area contributed by atoms with Gasteiger partial charge in [0.1, 0.15) is 35.6 Å². The highest BCUT2D eigenvalue weighted by Crippen LogP contribution is 2.45. The van der Waals surface area contributed by atoms with Crippen molar-refractivity contribution in [2.75, 3.05) is 37.7 Å². The predicted molar refractivity (Wildman–Crippen MR) is 158 cm³/mol. The first kappa shape index (κ1) is 28.2. The van der Waals surface area contributed by atoms with Gasteiger partial charge in [0, 0.05) is 43.2 Å². The van der Waals surface area contributed by atoms with E-state index in [-0.39, 0.29) is 63.7 Å². The SMILES string of the molecule is N#CC1C2CCC1CN(c1nc(OC[C@@]34CCCN3C[C@H](F)C4)nc3c(F)c(-c4cc(O)cc5ccc(F)c(F)c45)ncc13)C2. The van der Waals surface area contributed by atoms with Gasteiger partial charge in [-0.1, -0.05) is 6.07 Å². The van der Waals surface area contributed by atoms with Crippen LogP contribution in [-0.4, -0.2) is 69.5 Å². The lowest BCUT2D eigenvalue weighted by Crippen LogP contribution is -2.44. The molecule has 45 heavy (non-hydrogen) atoms. The Bertz CT molecular complexity index is 1890. The number of pyridine rings is 1. The van der Waals surface area contributed by atoms with E-state index in [1.165, 1.54) is 18.3 Å². The largest absolute Gasteiger partial charge is 0.508 e. The zero-order chi connectivity index (χ0) is 31.0. The number of phenolic OH excluding ortho intramolecular Hbond substituents is 1. The van der Waals surface area contributed by atoms with Crippen molar-refractivity contribution in [2.24, 2.45) is 17.8 Å². The predicted octanol–water partition coefficient (Wildman–Crippen LogP) is 5.91. The summed E-state index contributed by atoms with van der Waals surface area (Å²) in [6.07, 6.45) is 4.32. The molecule has 2 unspecified atom stereocenters. The number of rotatable bonds is 5. The number of piperidine rings is 1. The lowest BCUT2D eigenvalue weighted by molar-refractivity contribution is 0.107. The number of alkyl halides is 1. The molecule has 4 aliphatic rings. The first-order valence-corrected chi connectivity index (χ1v) is 15.4. The molecule has 2 bridgehead atoms. The van der Waals surface area contributed by atoms with Crippen molar-refractivity contribution < 1.29 is 27.4 Å². The molecule has 1 saturated carbocycles. The van der Waals surface area contributed by atoms with Crippen LogP contribution in [0.25, 0.3) is 32.9 Å². The summed E-state index contributed by atoms with van der Waals surface area (Å²) in [7, 11) is 0. The number of anilines is 1. The van der Waals surface area contributed by atoms with Gasteiger partial charge in [0.05, 0.1) is 22.9 Å². The highest BCUT2D eigenvalue weighted by molar-refractivity contribution is 6.00. The van der Waals surface area contributed by atoms with E-state index < -0.39 is 29.2 Å². The summed E-state index contributed by atoms with van der Waals surface area (Å²) in [4.78, 5) is 17.7. The topological polar surface area (TPSA) is 98.4 Å². The molecule has 2 aromatic carbocycles. The third kappa shape index (κ3) is 4.46. The van der Waals surface area contributed by atoms with Gasteiger partial charge in [0.2, 0.25) is 0 Å². The summed E-state index contributed by atoms with van der Waals surface area (Å²) in [5, 5.41) is 20.4. The van der Waals surface area contributed by atoms with Crippen molar-refractivity contribution in [3.8, 4) is 29.1 Å². The minimum absolute atomic E-state index is 0.0515. The van der Waals surface area contributed by atoms with Crippen LogP contribution in [0.4, 0.5) is 23.4 Å². The normalized spacial score (nSPS) is 27.8. The van der Waals surface area contributed by atoms with E-state index in [4.69, 9.17) is 9.72 Å². The van der Waals surface area contributed by atoms with Crippen LogP contribution in [-0.2, 0) is 0 Å². The summed E-state index contributed by atoms with van der Waals surface area (Å²) in [6.45, 7) is 2.37. The number of nitrogens with zero attached hydrogens (tertiary/aromatic N) is 6. The van der Waals surface area contributed by atoms with E-state index in [1.54, 1.807) is 0 Å². The highest BCUT2D eigenvalue weighted by atomic mass is 19.2. The van der Waals surface area contributed by atoms with Gasteiger partial charge >= 0.3 is 6.01 Å². The van der Waals surface area contributed by atoms with Crippen molar-refractivity contribution in [1.82, 2.24) is 19.9 Å². The number of aromatic hydroxyl groups is 1. The second kappa shape index (κ2) is 10.4. The number of phenols is 1. The molecule has 12 heteroatoms. The molecule has 5 heterocycles. The Morgan fingerprint density at radius 1 is 1.07 bits per heavy atom. The molecular weight excluding hydrogens is 588 g/mol. The maximum Gasteiger partial charge on any atom is 0.319 e. The first-order valence-electron chi connectivity index (χ1n) is 15.4. The van der Waals surface area contributed by atoms with Gasteiger partial charge in [-0.15, -0.1) is 0 Å². The molecule has 8 nitrogen and oxygen atoms in total. The number of aromatic nitrogens is 3. The quantitative estimate of drug-likeness (QED) is 0.276. The van der Waals surface area contributed by atoms with Crippen LogP contribution < -0.4 is 9.64 Å². The van der Waals surface area contributed by atoms with E-state index in [2.05, 4.69) is 20.9 Å². The van der Waals surface area contributed by atoms with Crippen LogP contribution in [0.1, 0.15) is 32.1 Å². The molecule has 1 aliphatic carbocycles. The van der Waals surface area contributed by atoms with Gasteiger partial charge in [-0.25, -0.2) is 17.6 Å². The van der Waals surface area contributed by atoms with E-state index in [0.29, 0.717) is 37.3 Å². The van der Waals surface area contributed by atoms with Crippen LogP contribution in [0.15, 0.2) is 30.5 Å². The maximum atomic E-state index is 16.6. The average molecular weight is 619 g/mol. The molecule has 0 spiro atoms. The van der Waals surface area contributed by atoms with E-state index in [9.17, 15) is 19.1 Å². The van der Waals surface area contributed by atoms with Crippen LogP contribution >= 0.6 is 0 Å². The fourth-order valence-corrected chi connectivity index (χ4v) is 8.34. The second-order valence-electron chi connectivity index (χ2n) is 13.0. The Hall–Kier alpha value is -4.24. The number of hydrogen-bond donors (Lipinski definition) is 1. The molecule has 1 N–H and O–H groups in total. The number of nitriles is 1.